The first-order valence-corrected chi connectivity index (χ1v) is 7.66. The van der Waals surface area contributed by atoms with Gasteiger partial charge in [-0.15, -0.1) is 0 Å². The first-order chi connectivity index (χ1) is 10.0. The van der Waals surface area contributed by atoms with Gasteiger partial charge in [0.1, 0.15) is 0 Å². The van der Waals surface area contributed by atoms with Gasteiger partial charge in [0.25, 0.3) is 0 Å². The van der Waals surface area contributed by atoms with E-state index >= 15 is 0 Å². The Hall–Kier alpha value is -1.55. The van der Waals surface area contributed by atoms with E-state index in [4.69, 9.17) is 11.6 Å². The highest BCUT2D eigenvalue weighted by Gasteiger charge is 2.39. The predicted octanol–water partition coefficient (Wildman–Crippen LogP) is 3.19. The molecule has 1 aromatic carbocycles. The fraction of sp³-hybridized carbons (Fsp3) is 0.500. The molecule has 21 heavy (non-hydrogen) atoms. The summed E-state index contributed by atoms with van der Waals surface area (Å²) in [5.74, 6) is -1.83. The largest absolute Gasteiger partial charge is 0.481 e. The average molecular weight is 310 g/mol. The molecule has 0 aliphatic heterocycles. The zero-order chi connectivity index (χ0) is 15.4. The lowest BCUT2D eigenvalue weighted by Gasteiger charge is -2.26. The van der Waals surface area contributed by atoms with Crippen molar-refractivity contribution in [3.8, 4) is 0 Å². The van der Waals surface area contributed by atoms with Crippen LogP contribution >= 0.6 is 11.6 Å². The van der Waals surface area contributed by atoms with Crippen molar-refractivity contribution in [2.45, 2.75) is 32.7 Å². The SMILES string of the molecule is CCN(Cc1cccc(Cl)c1)C(=O)C1CCCC1C(=O)O. The van der Waals surface area contributed by atoms with E-state index in [1.54, 1.807) is 11.0 Å². The number of carboxylic acids is 1. The van der Waals surface area contributed by atoms with Gasteiger partial charge in [0, 0.05) is 18.1 Å². The topological polar surface area (TPSA) is 57.6 Å². The van der Waals surface area contributed by atoms with E-state index in [9.17, 15) is 14.7 Å². The van der Waals surface area contributed by atoms with Gasteiger partial charge < -0.3 is 10.0 Å². The number of nitrogens with zero attached hydrogens (tertiary/aromatic N) is 1. The normalized spacial score (nSPS) is 21.2. The molecule has 0 heterocycles. The standard InChI is InChI=1S/C16H20ClNO3/c1-2-18(10-11-5-3-6-12(17)9-11)15(19)13-7-4-8-14(13)16(20)21/h3,5-6,9,13-14H,2,4,7-8,10H2,1H3,(H,20,21). The monoisotopic (exact) mass is 309 g/mol. The summed E-state index contributed by atoms with van der Waals surface area (Å²) in [6.45, 7) is 2.94. The number of hydrogen-bond acceptors (Lipinski definition) is 2. The molecule has 0 saturated heterocycles. The molecule has 2 unspecified atom stereocenters. The first kappa shape index (κ1) is 15.8. The zero-order valence-electron chi connectivity index (χ0n) is 12.1. The summed E-state index contributed by atoms with van der Waals surface area (Å²) in [5, 5.41) is 9.86. The van der Waals surface area contributed by atoms with Crippen LogP contribution in [0.1, 0.15) is 31.7 Å². The van der Waals surface area contributed by atoms with Crippen LogP contribution < -0.4 is 0 Å². The van der Waals surface area contributed by atoms with Crippen molar-refractivity contribution in [1.29, 1.82) is 0 Å². The van der Waals surface area contributed by atoms with Crippen molar-refractivity contribution in [1.82, 2.24) is 4.90 Å². The van der Waals surface area contributed by atoms with Crippen LogP contribution in [0.3, 0.4) is 0 Å². The van der Waals surface area contributed by atoms with Crippen LogP contribution in [-0.4, -0.2) is 28.4 Å². The van der Waals surface area contributed by atoms with Crippen molar-refractivity contribution in [3.05, 3.63) is 34.9 Å². The zero-order valence-corrected chi connectivity index (χ0v) is 12.8. The maximum Gasteiger partial charge on any atom is 0.307 e. The number of rotatable bonds is 5. The second-order valence-corrected chi connectivity index (χ2v) is 5.90. The Bertz CT molecular complexity index is 532. The smallest absolute Gasteiger partial charge is 0.307 e. The van der Waals surface area contributed by atoms with Crippen LogP contribution in [0.25, 0.3) is 0 Å². The number of carboxylic acid groups (broad SMARTS) is 1. The van der Waals surface area contributed by atoms with Crippen molar-refractivity contribution in [2.24, 2.45) is 11.8 Å². The van der Waals surface area contributed by atoms with Crippen LogP contribution in [0.15, 0.2) is 24.3 Å². The van der Waals surface area contributed by atoms with Gasteiger partial charge in [-0.3, -0.25) is 9.59 Å². The lowest BCUT2D eigenvalue weighted by Crippen LogP contribution is -2.38. The third-order valence-electron chi connectivity index (χ3n) is 4.11. The van der Waals surface area contributed by atoms with Crippen LogP contribution in [0.2, 0.25) is 5.02 Å². The summed E-state index contributed by atoms with van der Waals surface area (Å²) in [4.78, 5) is 25.6. The number of aliphatic carboxylic acids is 1. The minimum Gasteiger partial charge on any atom is -0.481 e. The number of benzene rings is 1. The van der Waals surface area contributed by atoms with Gasteiger partial charge in [-0.2, -0.15) is 0 Å². The van der Waals surface area contributed by atoms with Gasteiger partial charge in [0.2, 0.25) is 5.91 Å². The molecule has 4 nitrogen and oxygen atoms in total. The van der Waals surface area contributed by atoms with Crippen LogP contribution in [0.5, 0.6) is 0 Å². The van der Waals surface area contributed by atoms with Crippen LogP contribution in [0.4, 0.5) is 0 Å². The number of hydrogen-bond donors (Lipinski definition) is 1. The van der Waals surface area contributed by atoms with E-state index in [0.29, 0.717) is 31.0 Å². The highest BCUT2D eigenvalue weighted by atomic mass is 35.5. The molecule has 0 spiro atoms. The van der Waals surface area contributed by atoms with E-state index in [1.165, 1.54) is 0 Å². The van der Waals surface area contributed by atoms with Gasteiger partial charge in [-0.1, -0.05) is 30.2 Å². The number of amides is 1. The quantitative estimate of drug-likeness (QED) is 0.908. The molecule has 0 aromatic heterocycles. The summed E-state index contributed by atoms with van der Waals surface area (Å²) in [6, 6.07) is 7.40. The highest BCUT2D eigenvalue weighted by Crippen LogP contribution is 2.33. The van der Waals surface area contributed by atoms with Crippen molar-refractivity contribution in [2.75, 3.05) is 6.54 Å². The Kier molecular flexibility index (Phi) is 5.23. The average Bonchev–Trinajstić information content (AvgIpc) is 2.93. The minimum absolute atomic E-state index is 0.0534. The minimum atomic E-state index is -0.857. The number of carbonyl (C=O) groups excluding carboxylic acids is 1. The van der Waals surface area contributed by atoms with Gasteiger partial charge in [0.05, 0.1) is 11.8 Å². The van der Waals surface area contributed by atoms with E-state index < -0.39 is 11.9 Å². The molecule has 5 heteroatoms. The molecule has 114 valence electrons. The molecule has 2 atom stereocenters. The van der Waals surface area contributed by atoms with Crippen molar-refractivity contribution >= 4 is 23.5 Å². The Labute approximate surface area is 129 Å². The molecular formula is C16H20ClNO3. The highest BCUT2D eigenvalue weighted by molar-refractivity contribution is 6.30. The molecule has 2 rings (SSSR count). The third kappa shape index (κ3) is 3.76. The molecular weight excluding hydrogens is 290 g/mol. The van der Waals surface area contributed by atoms with E-state index in [2.05, 4.69) is 0 Å². The predicted molar refractivity (Wildman–Crippen MR) is 81.0 cm³/mol. The lowest BCUT2D eigenvalue weighted by molar-refractivity contribution is -0.149. The Morgan fingerprint density at radius 2 is 2.05 bits per heavy atom. The summed E-state index contributed by atoms with van der Waals surface area (Å²) < 4.78 is 0. The molecule has 1 aliphatic carbocycles. The summed E-state index contributed by atoms with van der Waals surface area (Å²) in [6.07, 6.45) is 2.07. The first-order valence-electron chi connectivity index (χ1n) is 7.29. The van der Waals surface area contributed by atoms with Gasteiger partial charge in [-0.25, -0.2) is 0 Å². The maximum atomic E-state index is 12.6. The van der Waals surface area contributed by atoms with E-state index in [0.717, 1.165) is 12.0 Å². The van der Waals surface area contributed by atoms with Gasteiger partial charge >= 0.3 is 5.97 Å². The molecule has 1 saturated carbocycles. The third-order valence-corrected chi connectivity index (χ3v) is 4.34. The van der Waals surface area contributed by atoms with Crippen LogP contribution in [-0.2, 0) is 16.1 Å². The van der Waals surface area contributed by atoms with Gasteiger partial charge in [0.15, 0.2) is 0 Å². The Balaban J connectivity index is 2.10. The van der Waals surface area contributed by atoms with Crippen molar-refractivity contribution < 1.29 is 14.7 Å². The molecule has 0 bridgehead atoms. The van der Waals surface area contributed by atoms with E-state index in [1.807, 2.05) is 25.1 Å². The molecule has 1 amide bonds. The lowest BCUT2D eigenvalue weighted by atomic mass is 9.94. The molecule has 0 radical (unpaired) electrons. The Morgan fingerprint density at radius 1 is 1.33 bits per heavy atom. The van der Waals surface area contributed by atoms with Crippen molar-refractivity contribution in [3.63, 3.8) is 0 Å². The molecule has 1 aromatic rings. The summed E-state index contributed by atoms with van der Waals surface area (Å²) >= 11 is 5.96. The fourth-order valence-electron chi connectivity index (χ4n) is 2.99. The molecule has 1 N–H and O–H groups in total. The second kappa shape index (κ2) is 6.94. The maximum absolute atomic E-state index is 12.6. The summed E-state index contributed by atoms with van der Waals surface area (Å²) in [5.41, 5.74) is 0.961. The molecule has 1 fully saturated rings. The van der Waals surface area contributed by atoms with E-state index in [-0.39, 0.29) is 11.8 Å². The number of carbonyl (C=O) groups is 2. The Morgan fingerprint density at radius 3 is 2.67 bits per heavy atom. The van der Waals surface area contributed by atoms with Gasteiger partial charge in [-0.05, 0) is 37.5 Å². The van der Waals surface area contributed by atoms with Crippen LogP contribution in [0, 0.1) is 11.8 Å². The fourth-order valence-corrected chi connectivity index (χ4v) is 3.20. The second-order valence-electron chi connectivity index (χ2n) is 5.46. The molecule has 1 aliphatic rings. The summed E-state index contributed by atoms with van der Waals surface area (Å²) in [7, 11) is 0. The number of halogens is 1.